The topological polar surface area (TPSA) is 86.2 Å². The Bertz CT molecular complexity index is 899. The molecule has 4 rings (SSSR count). The SMILES string of the molecule is Nc1c(C2CCCCC2)cccc1S(=O)(=O)c1cccc(C2CCCCC2)c1N. The zero-order valence-corrected chi connectivity index (χ0v) is 17.9. The van der Waals surface area contributed by atoms with E-state index in [1.54, 1.807) is 12.1 Å². The molecule has 0 saturated heterocycles. The summed E-state index contributed by atoms with van der Waals surface area (Å²) in [7, 11) is -3.77. The molecule has 2 saturated carbocycles. The van der Waals surface area contributed by atoms with Crippen LogP contribution in [-0.2, 0) is 9.84 Å². The fourth-order valence-corrected chi connectivity index (χ4v) is 6.82. The summed E-state index contributed by atoms with van der Waals surface area (Å²) >= 11 is 0. The Kier molecular flexibility index (Phi) is 5.86. The Labute approximate surface area is 174 Å². The van der Waals surface area contributed by atoms with Crippen molar-refractivity contribution in [1.82, 2.24) is 0 Å². The van der Waals surface area contributed by atoms with Crippen molar-refractivity contribution in [1.29, 1.82) is 0 Å². The maximum Gasteiger partial charge on any atom is 0.210 e. The second-order valence-electron chi connectivity index (χ2n) is 8.69. The van der Waals surface area contributed by atoms with Crippen LogP contribution in [0.5, 0.6) is 0 Å². The zero-order valence-electron chi connectivity index (χ0n) is 17.1. The van der Waals surface area contributed by atoms with E-state index >= 15 is 0 Å². The number of benzene rings is 2. The van der Waals surface area contributed by atoms with Crippen LogP contribution in [0.1, 0.15) is 87.2 Å². The highest BCUT2D eigenvalue weighted by atomic mass is 32.2. The molecule has 0 aliphatic heterocycles. The first kappa shape index (κ1) is 20.3. The highest BCUT2D eigenvalue weighted by Gasteiger charge is 2.29. The number of sulfone groups is 1. The molecule has 0 heterocycles. The van der Waals surface area contributed by atoms with Gasteiger partial charge in [-0.3, -0.25) is 0 Å². The molecule has 4 nitrogen and oxygen atoms in total. The number of nitrogens with two attached hydrogens (primary N) is 2. The molecule has 2 aliphatic rings. The first-order valence-corrected chi connectivity index (χ1v) is 12.5. The highest BCUT2D eigenvalue weighted by Crippen LogP contribution is 2.42. The van der Waals surface area contributed by atoms with E-state index < -0.39 is 9.84 Å². The Hall–Kier alpha value is -2.01. The lowest BCUT2D eigenvalue weighted by Gasteiger charge is -2.25. The predicted molar refractivity (Wildman–Crippen MR) is 119 cm³/mol. The van der Waals surface area contributed by atoms with Gasteiger partial charge >= 0.3 is 0 Å². The van der Waals surface area contributed by atoms with Crippen molar-refractivity contribution in [3.8, 4) is 0 Å². The summed E-state index contributed by atoms with van der Waals surface area (Å²) in [6.07, 6.45) is 11.5. The molecule has 2 fully saturated rings. The van der Waals surface area contributed by atoms with Crippen molar-refractivity contribution < 1.29 is 8.42 Å². The number of hydrogen-bond donors (Lipinski definition) is 2. The van der Waals surface area contributed by atoms with Crippen LogP contribution in [-0.4, -0.2) is 8.42 Å². The van der Waals surface area contributed by atoms with E-state index in [9.17, 15) is 8.42 Å². The van der Waals surface area contributed by atoms with Crippen molar-refractivity contribution in [3.05, 3.63) is 47.5 Å². The molecule has 0 aromatic heterocycles. The van der Waals surface area contributed by atoms with E-state index in [1.165, 1.54) is 38.5 Å². The molecule has 0 bridgehead atoms. The summed E-state index contributed by atoms with van der Waals surface area (Å²) in [6, 6.07) is 10.9. The summed E-state index contributed by atoms with van der Waals surface area (Å²) in [6.45, 7) is 0. The Morgan fingerprint density at radius 3 is 1.38 bits per heavy atom. The third-order valence-electron chi connectivity index (χ3n) is 6.87. The van der Waals surface area contributed by atoms with Crippen LogP contribution in [0.2, 0.25) is 0 Å². The van der Waals surface area contributed by atoms with Gasteiger partial charge in [0.15, 0.2) is 0 Å². The molecular formula is C24H32N2O2S. The Balaban J connectivity index is 1.74. The van der Waals surface area contributed by atoms with E-state index in [0.29, 0.717) is 23.2 Å². The number of nitrogen functional groups attached to an aromatic ring is 2. The number of hydrogen-bond acceptors (Lipinski definition) is 4. The van der Waals surface area contributed by atoms with E-state index in [4.69, 9.17) is 11.5 Å². The summed E-state index contributed by atoms with van der Waals surface area (Å²) in [5.41, 5.74) is 15.7. The van der Waals surface area contributed by atoms with Gasteiger partial charge in [0.1, 0.15) is 0 Å². The third-order valence-corrected chi connectivity index (χ3v) is 8.74. The quantitative estimate of drug-likeness (QED) is 0.623. The summed E-state index contributed by atoms with van der Waals surface area (Å²) in [4.78, 5) is 0.404. The van der Waals surface area contributed by atoms with Crippen LogP contribution in [0, 0.1) is 0 Å². The van der Waals surface area contributed by atoms with Gasteiger partial charge in [-0.15, -0.1) is 0 Å². The number of rotatable bonds is 4. The molecule has 2 aromatic rings. The van der Waals surface area contributed by atoms with Crippen LogP contribution < -0.4 is 11.5 Å². The third kappa shape index (κ3) is 3.89. The molecule has 0 radical (unpaired) electrons. The lowest BCUT2D eigenvalue weighted by atomic mass is 9.83. The number of para-hydroxylation sites is 2. The Morgan fingerprint density at radius 1 is 0.621 bits per heavy atom. The maximum absolute atomic E-state index is 13.6. The molecule has 0 spiro atoms. The van der Waals surface area contributed by atoms with Crippen molar-refractivity contribution in [2.45, 2.75) is 85.8 Å². The first-order valence-electron chi connectivity index (χ1n) is 11.0. The molecule has 4 N–H and O–H groups in total. The van der Waals surface area contributed by atoms with Crippen LogP contribution in [0.3, 0.4) is 0 Å². The van der Waals surface area contributed by atoms with Crippen LogP contribution in [0.25, 0.3) is 0 Å². The van der Waals surface area contributed by atoms with Gasteiger partial charge in [0.05, 0.1) is 21.2 Å². The minimum absolute atomic E-state index is 0.202. The van der Waals surface area contributed by atoms with E-state index in [-0.39, 0.29) is 9.79 Å². The van der Waals surface area contributed by atoms with Gasteiger partial charge in [0.2, 0.25) is 9.84 Å². The monoisotopic (exact) mass is 412 g/mol. The zero-order chi connectivity index (χ0) is 20.4. The van der Waals surface area contributed by atoms with Gasteiger partial charge in [-0.05, 0) is 60.8 Å². The van der Waals surface area contributed by atoms with Crippen LogP contribution in [0.4, 0.5) is 11.4 Å². The van der Waals surface area contributed by atoms with Crippen LogP contribution in [0.15, 0.2) is 46.2 Å². The lowest BCUT2D eigenvalue weighted by Crippen LogP contribution is -2.14. The molecular weight excluding hydrogens is 380 g/mol. The largest absolute Gasteiger partial charge is 0.397 e. The smallest absolute Gasteiger partial charge is 0.210 e. The van der Waals surface area contributed by atoms with Gasteiger partial charge in [-0.25, -0.2) is 8.42 Å². The van der Waals surface area contributed by atoms with Crippen molar-refractivity contribution in [2.75, 3.05) is 11.5 Å². The number of anilines is 2. The van der Waals surface area contributed by atoms with Gasteiger partial charge in [-0.1, -0.05) is 62.8 Å². The van der Waals surface area contributed by atoms with Gasteiger partial charge < -0.3 is 11.5 Å². The average Bonchev–Trinajstić information content (AvgIpc) is 2.75. The van der Waals surface area contributed by atoms with E-state index in [0.717, 1.165) is 36.8 Å². The highest BCUT2D eigenvalue weighted by molar-refractivity contribution is 7.91. The van der Waals surface area contributed by atoms with Gasteiger partial charge in [0.25, 0.3) is 0 Å². The minimum atomic E-state index is -3.77. The lowest BCUT2D eigenvalue weighted by molar-refractivity contribution is 0.444. The summed E-state index contributed by atoms with van der Waals surface area (Å²) in [5, 5.41) is 0. The Morgan fingerprint density at radius 2 is 1.00 bits per heavy atom. The minimum Gasteiger partial charge on any atom is -0.397 e. The van der Waals surface area contributed by atoms with Crippen molar-refractivity contribution in [3.63, 3.8) is 0 Å². The molecule has 156 valence electrons. The normalized spacial score (nSPS) is 19.3. The summed E-state index contributed by atoms with van der Waals surface area (Å²) in [5.74, 6) is 0.703. The van der Waals surface area contributed by atoms with Gasteiger partial charge in [-0.2, -0.15) is 0 Å². The first-order chi connectivity index (χ1) is 14.0. The average molecular weight is 413 g/mol. The van der Waals surface area contributed by atoms with Crippen LogP contribution >= 0.6 is 0 Å². The molecule has 2 aliphatic carbocycles. The van der Waals surface area contributed by atoms with E-state index in [2.05, 4.69) is 0 Å². The maximum atomic E-state index is 13.6. The van der Waals surface area contributed by atoms with Crippen molar-refractivity contribution in [2.24, 2.45) is 0 Å². The standard InChI is InChI=1S/C24H32N2O2S/c25-23-19(17-9-3-1-4-10-17)13-7-15-21(23)29(27,28)22-16-8-14-20(24(22)26)18-11-5-2-6-12-18/h7-8,13-18H,1-6,9-12,25-26H2. The van der Waals surface area contributed by atoms with E-state index in [1.807, 2.05) is 24.3 Å². The molecule has 2 aromatic carbocycles. The fourth-order valence-electron chi connectivity index (χ4n) is 5.25. The molecule has 0 unspecified atom stereocenters. The summed E-state index contributed by atoms with van der Waals surface area (Å²) < 4.78 is 27.2. The molecule has 29 heavy (non-hydrogen) atoms. The fraction of sp³-hybridized carbons (Fsp3) is 0.500. The molecule has 0 atom stereocenters. The second kappa shape index (κ2) is 8.39. The predicted octanol–water partition coefficient (Wildman–Crippen LogP) is 5.78. The van der Waals surface area contributed by atoms with Crippen molar-refractivity contribution >= 4 is 21.2 Å². The molecule has 5 heteroatoms. The molecule has 0 amide bonds. The van der Waals surface area contributed by atoms with Gasteiger partial charge in [0, 0.05) is 0 Å². The second-order valence-corrected chi connectivity index (χ2v) is 10.6.